The van der Waals surface area contributed by atoms with Crippen LogP contribution >= 0.6 is 0 Å². The van der Waals surface area contributed by atoms with E-state index in [0.29, 0.717) is 0 Å². The third-order valence-electron chi connectivity index (χ3n) is 3.64. The second-order valence-corrected chi connectivity index (χ2v) is 5.42. The van der Waals surface area contributed by atoms with E-state index < -0.39 is 0 Å². The van der Waals surface area contributed by atoms with Gasteiger partial charge in [-0.15, -0.1) is 0 Å². The van der Waals surface area contributed by atoms with E-state index in [1.165, 1.54) is 24.0 Å². The monoisotopic (exact) mass is 280 g/mol. The highest BCUT2D eigenvalue weighted by Crippen LogP contribution is 2.24. The Morgan fingerprint density at radius 3 is 2.10 bits per heavy atom. The lowest BCUT2D eigenvalue weighted by molar-refractivity contribution is 0.207. The highest BCUT2D eigenvalue weighted by molar-refractivity contribution is 5.66. The molecule has 0 unspecified atom stereocenters. The van der Waals surface area contributed by atoms with Crippen LogP contribution in [0, 0.1) is 0 Å². The van der Waals surface area contributed by atoms with Crippen molar-refractivity contribution in [1.82, 2.24) is 0 Å². The van der Waals surface area contributed by atoms with Gasteiger partial charge in [0.1, 0.15) is 5.75 Å². The first kappa shape index (κ1) is 15.4. The summed E-state index contributed by atoms with van der Waals surface area (Å²) in [6, 6.07) is 16.8. The first-order chi connectivity index (χ1) is 10.2. The lowest BCUT2D eigenvalue weighted by Gasteiger charge is -2.14. The third kappa shape index (κ3) is 4.49. The van der Waals surface area contributed by atoms with Gasteiger partial charge in [0.2, 0.25) is 0 Å². The summed E-state index contributed by atoms with van der Waals surface area (Å²) in [5, 5.41) is 0. The van der Waals surface area contributed by atoms with Gasteiger partial charge in [0.25, 0.3) is 0 Å². The molecular weight excluding hydrogens is 256 g/mol. The van der Waals surface area contributed by atoms with Crippen LogP contribution in [0.3, 0.4) is 0 Å². The Morgan fingerprint density at radius 2 is 1.57 bits per heavy atom. The molecule has 0 aliphatic rings. The molecule has 21 heavy (non-hydrogen) atoms. The standard InChI is InChI=1S/C20H24O/c1-4-6-7-16(3)21-20-14-12-19(13-15-20)18-10-8-17(5-2)9-11-18/h5,8-16H,2,4,6-7H2,1,3H3/t16-/m1/s1. The van der Waals surface area contributed by atoms with Gasteiger partial charge in [0, 0.05) is 0 Å². The molecule has 0 fully saturated rings. The summed E-state index contributed by atoms with van der Waals surface area (Å²) < 4.78 is 5.93. The van der Waals surface area contributed by atoms with Crippen LogP contribution in [-0.4, -0.2) is 6.10 Å². The number of ether oxygens (including phenoxy) is 1. The molecule has 0 radical (unpaired) electrons. The number of hydrogen-bond donors (Lipinski definition) is 0. The van der Waals surface area contributed by atoms with Crippen molar-refractivity contribution in [2.75, 3.05) is 0 Å². The predicted octanol–water partition coefficient (Wildman–Crippen LogP) is 5.95. The maximum Gasteiger partial charge on any atom is 0.119 e. The van der Waals surface area contributed by atoms with E-state index in [4.69, 9.17) is 4.74 Å². The van der Waals surface area contributed by atoms with Gasteiger partial charge < -0.3 is 4.74 Å². The summed E-state index contributed by atoms with van der Waals surface area (Å²) in [6.07, 6.45) is 5.68. The van der Waals surface area contributed by atoms with Crippen LogP contribution in [0.15, 0.2) is 55.1 Å². The largest absolute Gasteiger partial charge is 0.491 e. The molecule has 0 aromatic heterocycles. The minimum absolute atomic E-state index is 0.280. The molecule has 2 aromatic carbocycles. The predicted molar refractivity (Wildman–Crippen MR) is 91.6 cm³/mol. The fraction of sp³-hybridized carbons (Fsp3) is 0.300. The SMILES string of the molecule is C=Cc1ccc(-c2ccc(O[C@H](C)CCCC)cc2)cc1. The van der Waals surface area contributed by atoms with Crippen molar-refractivity contribution >= 4 is 6.08 Å². The smallest absolute Gasteiger partial charge is 0.119 e. The Kier molecular flexibility index (Phi) is 5.62. The summed E-state index contributed by atoms with van der Waals surface area (Å²) in [7, 11) is 0. The van der Waals surface area contributed by atoms with Crippen molar-refractivity contribution in [3.63, 3.8) is 0 Å². The van der Waals surface area contributed by atoms with Gasteiger partial charge >= 0.3 is 0 Å². The molecule has 0 N–H and O–H groups in total. The van der Waals surface area contributed by atoms with Gasteiger partial charge in [0.05, 0.1) is 6.10 Å². The molecule has 0 saturated carbocycles. The van der Waals surface area contributed by atoms with Crippen LogP contribution in [-0.2, 0) is 0 Å². The second kappa shape index (κ2) is 7.68. The number of hydrogen-bond acceptors (Lipinski definition) is 1. The first-order valence-electron chi connectivity index (χ1n) is 7.72. The molecule has 0 amide bonds. The molecular formula is C20H24O. The average molecular weight is 280 g/mol. The van der Waals surface area contributed by atoms with Gasteiger partial charge in [-0.1, -0.05) is 68.8 Å². The lowest BCUT2D eigenvalue weighted by atomic mass is 10.0. The van der Waals surface area contributed by atoms with Crippen LogP contribution in [0.2, 0.25) is 0 Å². The number of benzene rings is 2. The van der Waals surface area contributed by atoms with Gasteiger partial charge in [0.15, 0.2) is 0 Å². The van der Waals surface area contributed by atoms with Crippen molar-refractivity contribution in [1.29, 1.82) is 0 Å². The minimum atomic E-state index is 0.280. The summed E-state index contributed by atoms with van der Waals surface area (Å²) >= 11 is 0. The van der Waals surface area contributed by atoms with Crippen LogP contribution in [0.5, 0.6) is 5.75 Å². The maximum atomic E-state index is 5.93. The van der Waals surface area contributed by atoms with Gasteiger partial charge in [-0.2, -0.15) is 0 Å². The van der Waals surface area contributed by atoms with E-state index in [9.17, 15) is 0 Å². The molecule has 0 bridgehead atoms. The lowest BCUT2D eigenvalue weighted by Crippen LogP contribution is -2.11. The number of rotatable bonds is 7. The molecule has 1 nitrogen and oxygen atoms in total. The van der Waals surface area contributed by atoms with Crippen LogP contribution in [0.25, 0.3) is 17.2 Å². The average Bonchev–Trinajstić information content (AvgIpc) is 2.54. The van der Waals surface area contributed by atoms with Crippen molar-refractivity contribution in [2.45, 2.75) is 39.2 Å². The van der Waals surface area contributed by atoms with Crippen molar-refractivity contribution in [3.05, 3.63) is 60.7 Å². The minimum Gasteiger partial charge on any atom is -0.491 e. The highest BCUT2D eigenvalue weighted by Gasteiger charge is 2.04. The van der Waals surface area contributed by atoms with Crippen LogP contribution in [0.4, 0.5) is 0 Å². The maximum absolute atomic E-state index is 5.93. The van der Waals surface area contributed by atoms with E-state index in [1.54, 1.807) is 0 Å². The molecule has 0 aliphatic heterocycles. The van der Waals surface area contributed by atoms with Crippen molar-refractivity contribution < 1.29 is 4.74 Å². The Balaban J connectivity index is 2.02. The highest BCUT2D eigenvalue weighted by atomic mass is 16.5. The molecule has 110 valence electrons. The van der Waals surface area contributed by atoms with E-state index in [-0.39, 0.29) is 6.10 Å². The zero-order chi connectivity index (χ0) is 15.1. The van der Waals surface area contributed by atoms with Crippen molar-refractivity contribution in [2.24, 2.45) is 0 Å². The Hall–Kier alpha value is -2.02. The Morgan fingerprint density at radius 1 is 1.00 bits per heavy atom. The Bertz CT molecular complexity index is 551. The fourth-order valence-corrected chi connectivity index (χ4v) is 2.32. The summed E-state index contributed by atoms with van der Waals surface area (Å²) in [5.41, 5.74) is 3.56. The van der Waals surface area contributed by atoms with E-state index in [0.717, 1.165) is 17.7 Å². The van der Waals surface area contributed by atoms with Crippen LogP contribution in [0.1, 0.15) is 38.7 Å². The molecule has 0 heterocycles. The third-order valence-corrected chi connectivity index (χ3v) is 3.64. The van der Waals surface area contributed by atoms with Gasteiger partial charge in [-0.3, -0.25) is 0 Å². The number of unbranched alkanes of at least 4 members (excludes halogenated alkanes) is 1. The normalized spacial score (nSPS) is 11.9. The van der Waals surface area contributed by atoms with Gasteiger partial charge in [-0.05, 0) is 42.2 Å². The summed E-state index contributed by atoms with van der Waals surface area (Å²) in [4.78, 5) is 0. The molecule has 0 aliphatic carbocycles. The fourth-order valence-electron chi connectivity index (χ4n) is 2.32. The Labute approximate surface area is 128 Å². The zero-order valence-electron chi connectivity index (χ0n) is 13.0. The molecule has 2 rings (SSSR count). The van der Waals surface area contributed by atoms with E-state index in [1.807, 2.05) is 6.08 Å². The quantitative estimate of drug-likeness (QED) is 0.608. The molecule has 2 aromatic rings. The second-order valence-electron chi connectivity index (χ2n) is 5.42. The van der Waals surface area contributed by atoms with Crippen LogP contribution < -0.4 is 4.74 Å². The first-order valence-corrected chi connectivity index (χ1v) is 7.72. The summed E-state index contributed by atoms with van der Waals surface area (Å²) in [6.45, 7) is 8.12. The topological polar surface area (TPSA) is 9.23 Å². The van der Waals surface area contributed by atoms with E-state index in [2.05, 4.69) is 69.0 Å². The van der Waals surface area contributed by atoms with Gasteiger partial charge in [-0.25, -0.2) is 0 Å². The summed E-state index contributed by atoms with van der Waals surface area (Å²) in [5.74, 6) is 0.949. The molecule has 0 saturated heterocycles. The van der Waals surface area contributed by atoms with E-state index >= 15 is 0 Å². The molecule has 1 heteroatoms. The zero-order valence-corrected chi connectivity index (χ0v) is 13.0. The molecule has 1 atom stereocenters. The van der Waals surface area contributed by atoms with Crippen molar-refractivity contribution in [3.8, 4) is 16.9 Å². The molecule has 0 spiro atoms.